The summed E-state index contributed by atoms with van der Waals surface area (Å²) < 4.78 is 0. The van der Waals surface area contributed by atoms with Crippen LogP contribution in [-0.4, -0.2) is 27.8 Å². The summed E-state index contributed by atoms with van der Waals surface area (Å²) in [5, 5.41) is 25.2. The van der Waals surface area contributed by atoms with Gasteiger partial charge in [-0.2, -0.15) is 0 Å². The Balaban J connectivity index is 0. The number of hydrogen-bond donors (Lipinski definition) is 4. The second kappa shape index (κ2) is 14.8. The zero-order chi connectivity index (χ0) is 12.8. The average molecular weight is 235 g/mol. The second-order valence-corrected chi connectivity index (χ2v) is 4.04. The molecule has 4 heteroatoms. The summed E-state index contributed by atoms with van der Waals surface area (Å²) in [7, 11) is 0. The smallest absolute Gasteiger partial charge is 0.151 e. The quantitative estimate of drug-likeness (QED) is 0.381. The van der Waals surface area contributed by atoms with Crippen LogP contribution >= 0.6 is 0 Å². The summed E-state index contributed by atoms with van der Waals surface area (Å²) in [6.07, 6.45) is 6.14. The minimum absolute atomic E-state index is 0.522. The van der Waals surface area contributed by atoms with Gasteiger partial charge in [0.15, 0.2) is 6.29 Å². The normalized spacial score (nSPS) is 12.2. The molecule has 0 aliphatic rings. The van der Waals surface area contributed by atoms with Gasteiger partial charge >= 0.3 is 0 Å². The molecule has 4 nitrogen and oxygen atoms in total. The Morgan fingerprint density at radius 1 is 0.812 bits per heavy atom. The van der Waals surface area contributed by atoms with Crippen molar-refractivity contribution in [1.29, 1.82) is 0 Å². The molecular weight excluding hydrogens is 206 g/mol. The van der Waals surface area contributed by atoms with E-state index in [-0.39, 0.29) is 0 Å². The fourth-order valence-electron chi connectivity index (χ4n) is 1.18. The van der Waals surface area contributed by atoms with Gasteiger partial charge in [0.1, 0.15) is 6.23 Å². The molecule has 0 radical (unpaired) electrons. The zero-order valence-electron chi connectivity index (χ0n) is 10.7. The maximum atomic E-state index is 8.56. The van der Waals surface area contributed by atoms with E-state index in [0.29, 0.717) is 6.42 Å². The summed E-state index contributed by atoms with van der Waals surface area (Å²) in [5.41, 5.74) is 5.09. The van der Waals surface area contributed by atoms with E-state index in [2.05, 4.69) is 13.8 Å². The first kappa shape index (κ1) is 18.2. The average Bonchev–Trinajstić information content (AvgIpc) is 2.18. The fraction of sp³-hybridized carbons (Fsp3) is 1.00. The van der Waals surface area contributed by atoms with Crippen molar-refractivity contribution in [3.8, 4) is 0 Å². The number of rotatable bonds is 8. The molecule has 0 saturated heterocycles. The maximum absolute atomic E-state index is 8.56. The molecule has 0 heterocycles. The molecular formula is C12H29NO3. The van der Waals surface area contributed by atoms with Gasteiger partial charge in [-0.15, -0.1) is 0 Å². The Hall–Kier alpha value is -0.160. The number of hydrogen-bond acceptors (Lipinski definition) is 4. The summed E-state index contributed by atoms with van der Waals surface area (Å²) in [4.78, 5) is 0. The lowest BCUT2D eigenvalue weighted by atomic mass is 10.2. The van der Waals surface area contributed by atoms with Crippen LogP contribution < -0.4 is 5.73 Å². The zero-order valence-corrected chi connectivity index (χ0v) is 10.7. The lowest BCUT2D eigenvalue weighted by molar-refractivity contribution is -0.0465. The van der Waals surface area contributed by atoms with Crippen molar-refractivity contribution in [1.82, 2.24) is 0 Å². The Kier molecular flexibility index (Phi) is 16.9. The van der Waals surface area contributed by atoms with Gasteiger partial charge in [0.05, 0.1) is 0 Å². The van der Waals surface area contributed by atoms with Crippen LogP contribution in [0.25, 0.3) is 0 Å². The topological polar surface area (TPSA) is 86.7 Å². The fourth-order valence-corrected chi connectivity index (χ4v) is 1.18. The summed E-state index contributed by atoms with van der Waals surface area (Å²) in [6.45, 7) is 4.21. The first-order valence-electron chi connectivity index (χ1n) is 6.34. The van der Waals surface area contributed by atoms with Gasteiger partial charge in [-0.3, -0.25) is 0 Å². The van der Waals surface area contributed by atoms with Crippen molar-refractivity contribution in [2.75, 3.05) is 0 Å². The van der Waals surface area contributed by atoms with Crippen LogP contribution in [0.4, 0.5) is 0 Å². The SMILES string of the molecule is CCCCCC(N)O.CCCCCC(O)O. The van der Waals surface area contributed by atoms with E-state index in [1.807, 2.05) is 0 Å². The highest BCUT2D eigenvalue weighted by Gasteiger charge is 1.93. The largest absolute Gasteiger partial charge is 0.379 e. The second-order valence-electron chi connectivity index (χ2n) is 4.04. The van der Waals surface area contributed by atoms with E-state index in [0.717, 1.165) is 32.1 Å². The summed E-state index contributed by atoms with van der Waals surface area (Å²) in [6, 6.07) is 0. The van der Waals surface area contributed by atoms with E-state index in [1.54, 1.807) is 0 Å². The van der Waals surface area contributed by atoms with Crippen LogP contribution in [0.3, 0.4) is 0 Å². The van der Waals surface area contributed by atoms with E-state index in [4.69, 9.17) is 21.1 Å². The first-order valence-corrected chi connectivity index (χ1v) is 6.34. The van der Waals surface area contributed by atoms with Crippen LogP contribution in [0, 0.1) is 0 Å². The molecule has 0 amide bonds. The summed E-state index contributed by atoms with van der Waals surface area (Å²) in [5.74, 6) is 0. The Morgan fingerprint density at radius 2 is 1.25 bits per heavy atom. The molecule has 0 aromatic heterocycles. The third-order valence-electron chi connectivity index (χ3n) is 2.17. The lowest BCUT2D eigenvalue weighted by Gasteiger charge is -2.00. The van der Waals surface area contributed by atoms with Crippen LogP contribution in [0.15, 0.2) is 0 Å². The molecule has 0 aliphatic heterocycles. The molecule has 0 aromatic rings. The number of nitrogens with two attached hydrogens (primary N) is 1. The predicted octanol–water partition coefficient (Wildman–Crippen LogP) is 1.72. The third-order valence-corrected chi connectivity index (χ3v) is 2.17. The van der Waals surface area contributed by atoms with Crippen LogP contribution in [0.2, 0.25) is 0 Å². The minimum atomic E-state index is -1.10. The monoisotopic (exact) mass is 235 g/mol. The maximum Gasteiger partial charge on any atom is 0.151 e. The third kappa shape index (κ3) is 23.6. The van der Waals surface area contributed by atoms with Gasteiger partial charge in [-0.1, -0.05) is 39.5 Å². The van der Waals surface area contributed by atoms with Crippen molar-refractivity contribution in [2.45, 2.75) is 77.7 Å². The van der Waals surface area contributed by atoms with Crippen molar-refractivity contribution in [2.24, 2.45) is 5.73 Å². The van der Waals surface area contributed by atoms with Crippen LogP contribution in [0.1, 0.15) is 65.2 Å². The molecule has 0 spiro atoms. The van der Waals surface area contributed by atoms with E-state index < -0.39 is 12.5 Å². The number of unbranched alkanes of at least 4 members (excludes halogenated alkanes) is 4. The van der Waals surface area contributed by atoms with Crippen molar-refractivity contribution in [3.05, 3.63) is 0 Å². The van der Waals surface area contributed by atoms with Crippen LogP contribution in [-0.2, 0) is 0 Å². The molecule has 0 bridgehead atoms. The molecule has 0 fully saturated rings. The molecule has 5 N–H and O–H groups in total. The predicted molar refractivity (Wildman–Crippen MR) is 66.7 cm³/mol. The first-order chi connectivity index (χ1) is 7.54. The lowest BCUT2D eigenvalue weighted by Crippen LogP contribution is -2.17. The Morgan fingerprint density at radius 3 is 1.56 bits per heavy atom. The Labute approximate surface area is 99.5 Å². The molecule has 16 heavy (non-hydrogen) atoms. The van der Waals surface area contributed by atoms with Crippen molar-refractivity contribution < 1.29 is 15.3 Å². The number of aliphatic hydroxyl groups is 3. The number of aliphatic hydroxyl groups excluding tert-OH is 2. The van der Waals surface area contributed by atoms with Gasteiger partial charge in [-0.05, 0) is 25.7 Å². The molecule has 0 aromatic carbocycles. The highest BCUT2D eigenvalue weighted by molar-refractivity contribution is 4.44. The minimum Gasteiger partial charge on any atom is -0.379 e. The molecule has 1 unspecified atom stereocenters. The van der Waals surface area contributed by atoms with Crippen molar-refractivity contribution >= 4 is 0 Å². The van der Waals surface area contributed by atoms with Gasteiger partial charge in [-0.25, -0.2) is 0 Å². The molecule has 0 saturated carbocycles. The van der Waals surface area contributed by atoms with Gasteiger partial charge < -0.3 is 21.1 Å². The standard InChI is InChI=1S/C6H15NO.C6H14O2/c2*1-2-3-4-5-6(7)8/h6,8H,2-5,7H2,1H3;6-8H,2-5H2,1H3. The van der Waals surface area contributed by atoms with E-state index in [9.17, 15) is 0 Å². The van der Waals surface area contributed by atoms with Crippen molar-refractivity contribution in [3.63, 3.8) is 0 Å². The van der Waals surface area contributed by atoms with Gasteiger partial charge in [0.2, 0.25) is 0 Å². The highest BCUT2D eigenvalue weighted by Crippen LogP contribution is 2.00. The highest BCUT2D eigenvalue weighted by atomic mass is 16.5. The van der Waals surface area contributed by atoms with E-state index >= 15 is 0 Å². The Bertz CT molecular complexity index is 105. The van der Waals surface area contributed by atoms with Gasteiger partial charge in [0, 0.05) is 0 Å². The van der Waals surface area contributed by atoms with Crippen LogP contribution in [0.5, 0.6) is 0 Å². The molecule has 1 atom stereocenters. The molecule has 0 rings (SSSR count). The van der Waals surface area contributed by atoms with E-state index in [1.165, 1.54) is 12.8 Å². The molecule has 0 aliphatic carbocycles. The summed E-state index contributed by atoms with van der Waals surface area (Å²) >= 11 is 0. The van der Waals surface area contributed by atoms with Gasteiger partial charge in [0.25, 0.3) is 0 Å². The molecule has 100 valence electrons.